The zero-order chi connectivity index (χ0) is 12.6. The van der Waals surface area contributed by atoms with Crippen molar-refractivity contribution in [2.45, 2.75) is 58.0 Å². The van der Waals surface area contributed by atoms with Crippen LogP contribution in [0.15, 0.2) is 11.8 Å². The fourth-order valence-electron chi connectivity index (χ4n) is 2.97. The van der Waals surface area contributed by atoms with Gasteiger partial charge in [0.1, 0.15) is 0 Å². The van der Waals surface area contributed by atoms with Crippen molar-refractivity contribution < 1.29 is 0 Å². The highest BCUT2D eigenvalue weighted by atomic mass is 15.1. The first-order valence-electron chi connectivity index (χ1n) is 7.80. The predicted molar refractivity (Wildman–Crippen MR) is 77.4 cm³/mol. The molecule has 2 aliphatic rings. The summed E-state index contributed by atoms with van der Waals surface area (Å²) in [5.41, 5.74) is 1.47. The minimum atomic E-state index is 0.553. The van der Waals surface area contributed by atoms with Gasteiger partial charge in [0.15, 0.2) is 0 Å². The van der Waals surface area contributed by atoms with E-state index in [0.29, 0.717) is 6.17 Å². The molecular formula is C15H29N3. The quantitative estimate of drug-likeness (QED) is 0.608. The molecular weight excluding hydrogens is 222 g/mol. The number of fused-ring (bicyclic) bond motifs is 1. The van der Waals surface area contributed by atoms with Crippen LogP contribution in [0.3, 0.4) is 0 Å². The number of allylic oxidation sites excluding steroid dienone is 2. The first kappa shape index (κ1) is 13.9. The zero-order valence-corrected chi connectivity index (χ0v) is 11.8. The van der Waals surface area contributed by atoms with Gasteiger partial charge in [0.25, 0.3) is 0 Å². The van der Waals surface area contributed by atoms with Crippen LogP contribution in [-0.4, -0.2) is 25.8 Å². The fraction of sp³-hybridized carbons (Fsp3) is 0.867. The highest BCUT2D eigenvalue weighted by Crippen LogP contribution is 2.25. The van der Waals surface area contributed by atoms with Crippen molar-refractivity contribution in [1.29, 1.82) is 0 Å². The van der Waals surface area contributed by atoms with E-state index in [9.17, 15) is 0 Å². The second-order valence-electron chi connectivity index (χ2n) is 5.65. The third-order valence-corrected chi connectivity index (χ3v) is 4.07. The second-order valence-corrected chi connectivity index (χ2v) is 5.65. The maximum absolute atomic E-state index is 3.69. The van der Waals surface area contributed by atoms with Crippen LogP contribution >= 0.6 is 0 Å². The van der Waals surface area contributed by atoms with Crippen molar-refractivity contribution in [3.8, 4) is 0 Å². The van der Waals surface area contributed by atoms with Crippen LogP contribution in [0.4, 0.5) is 0 Å². The summed E-state index contributed by atoms with van der Waals surface area (Å²) >= 11 is 0. The van der Waals surface area contributed by atoms with E-state index in [1.807, 2.05) is 0 Å². The van der Waals surface area contributed by atoms with Gasteiger partial charge in [-0.15, -0.1) is 0 Å². The molecule has 2 atom stereocenters. The maximum atomic E-state index is 3.69. The molecule has 1 saturated heterocycles. The topological polar surface area (TPSA) is 36.1 Å². The third-order valence-electron chi connectivity index (χ3n) is 4.07. The Kier molecular flexibility index (Phi) is 6.01. The second kappa shape index (κ2) is 7.80. The van der Waals surface area contributed by atoms with Crippen LogP contribution < -0.4 is 16.0 Å². The molecule has 104 valence electrons. The molecule has 0 aromatic heterocycles. The number of hydrogen-bond donors (Lipinski definition) is 3. The first-order valence-corrected chi connectivity index (χ1v) is 7.80. The van der Waals surface area contributed by atoms with E-state index in [1.54, 1.807) is 0 Å². The lowest BCUT2D eigenvalue weighted by molar-refractivity contribution is 0.239. The average Bonchev–Trinajstić information content (AvgIpc) is 2.42. The average molecular weight is 251 g/mol. The summed E-state index contributed by atoms with van der Waals surface area (Å²) in [6, 6.07) is 0. The highest BCUT2D eigenvalue weighted by molar-refractivity contribution is 5.08. The van der Waals surface area contributed by atoms with E-state index in [1.165, 1.54) is 63.7 Å². The van der Waals surface area contributed by atoms with Crippen molar-refractivity contribution >= 4 is 0 Å². The van der Waals surface area contributed by atoms with E-state index in [0.717, 1.165) is 12.5 Å². The molecule has 0 saturated carbocycles. The number of unbranched alkanes of at least 4 members (excludes halogenated alkanes) is 1. The fourth-order valence-corrected chi connectivity index (χ4v) is 2.97. The molecule has 2 heterocycles. The van der Waals surface area contributed by atoms with Gasteiger partial charge in [-0.3, -0.25) is 5.32 Å². The summed E-state index contributed by atoms with van der Waals surface area (Å²) in [7, 11) is 0. The Hall–Kier alpha value is -0.540. The van der Waals surface area contributed by atoms with Gasteiger partial charge in [-0.05, 0) is 70.5 Å². The Bertz CT molecular complexity index is 262. The summed E-state index contributed by atoms with van der Waals surface area (Å²) in [6.45, 7) is 5.74. The number of rotatable bonds is 7. The van der Waals surface area contributed by atoms with E-state index >= 15 is 0 Å². The Morgan fingerprint density at radius 3 is 3.17 bits per heavy atom. The van der Waals surface area contributed by atoms with Gasteiger partial charge in [-0.25, -0.2) is 0 Å². The number of nitrogens with one attached hydrogen (secondary N) is 3. The van der Waals surface area contributed by atoms with Crippen LogP contribution in [0.2, 0.25) is 0 Å². The monoisotopic (exact) mass is 251 g/mol. The van der Waals surface area contributed by atoms with Crippen molar-refractivity contribution in [1.82, 2.24) is 16.0 Å². The summed E-state index contributed by atoms with van der Waals surface area (Å²) in [4.78, 5) is 0. The zero-order valence-electron chi connectivity index (χ0n) is 11.8. The minimum Gasteiger partial charge on any atom is -0.373 e. The van der Waals surface area contributed by atoms with Crippen molar-refractivity contribution in [2.75, 3.05) is 19.6 Å². The van der Waals surface area contributed by atoms with Gasteiger partial charge in [-0.1, -0.05) is 13.0 Å². The molecule has 3 heteroatoms. The lowest BCUT2D eigenvalue weighted by atomic mass is 9.89. The Labute approximate surface area is 112 Å². The molecule has 3 N–H and O–H groups in total. The third kappa shape index (κ3) is 4.29. The summed E-state index contributed by atoms with van der Waals surface area (Å²) < 4.78 is 0. The summed E-state index contributed by atoms with van der Waals surface area (Å²) in [5.74, 6) is 0.828. The van der Waals surface area contributed by atoms with Gasteiger partial charge in [0, 0.05) is 5.70 Å². The molecule has 18 heavy (non-hydrogen) atoms. The minimum absolute atomic E-state index is 0.553. The predicted octanol–water partition coefficient (Wildman–Crippen LogP) is 2.36. The Morgan fingerprint density at radius 1 is 1.33 bits per heavy atom. The molecule has 3 nitrogen and oxygen atoms in total. The van der Waals surface area contributed by atoms with Crippen molar-refractivity contribution in [3.05, 3.63) is 11.8 Å². The van der Waals surface area contributed by atoms with Gasteiger partial charge in [0.2, 0.25) is 0 Å². The Morgan fingerprint density at radius 2 is 2.28 bits per heavy atom. The van der Waals surface area contributed by atoms with E-state index < -0.39 is 0 Å². The van der Waals surface area contributed by atoms with Gasteiger partial charge in [0.05, 0.1) is 6.17 Å². The van der Waals surface area contributed by atoms with E-state index in [2.05, 4.69) is 29.0 Å². The summed E-state index contributed by atoms with van der Waals surface area (Å²) in [5, 5.41) is 10.8. The molecule has 0 aromatic carbocycles. The first-order chi connectivity index (χ1) is 8.90. The number of piperidine rings is 1. The molecule has 0 aromatic rings. The standard InChI is InChI=1S/C15H29N3/c1-2-10-16-11-4-3-7-14-9-8-13-6-5-12-17-15(13)18-14/h9,13,15-18H,2-8,10-12H2,1H3. The normalized spacial score (nSPS) is 27.3. The van der Waals surface area contributed by atoms with Crippen LogP contribution in [0.5, 0.6) is 0 Å². The van der Waals surface area contributed by atoms with Crippen molar-refractivity contribution in [3.63, 3.8) is 0 Å². The molecule has 0 radical (unpaired) electrons. The van der Waals surface area contributed by atoms with Crippen LogP contribution in [0.1, 0.15) is 51.9 Å². The Balaban J connectivity index is 1.60. The molecule has 2 rings (SSSR count). The lowest BCUT2D eigenvalue weighted by Gasteiger charge is -2.37. The molecule has 2 aliphatic heterocycles. The molecule has 0 bridgehead atoms. The maximum Gasteiger partial charge on any atom is 0.0797 e. The van der Waals surface area contributed by atoms with Crippen molar-refractivity contribution in [2.24, 2.45) is 5.92 Å². The van der Waals surface area contributed by atoms with Gasteiger partial charge in [-0.2, -0.15) is 0 Å². The van der Waals surface area contributed by atoms with E-state index in [-0.39, 0.29) is 0 Å². The van der Waals surface area contributed by atoms with Crippen LogP contribution in [0, 0.1) is 5.92 Å². The highest BCUT2D eigenvalue weighted by Gasteiger charge is 2.26. The largest absolute Gasteiger partial charge is 0.373 e. The lowest BCUT2D eigenvalue weighted by Crippen LogP contribution is -2.52. The number of hydrogen-bond acceptors (Lipinski definition) is 3. The van der Waals surface area contributed by atoms with Crippen LogP contribution in [0.25, 0.3) is 0 Å². The van der Waals surface area contributed by atoms with Crippen LogP contribution in [-0.2, 0) is 0 Å². The van der Waals surface area contributed by atoms with Gasteiger partial charge >= 0.3 is 0 Å². The van der Waals surface area contributed by atoms with E-state index in [4.69, 9.17) is 0 Å². The molecule has 0 spiro atoms. The smallest absolute Gasteiger partial charge is 0.0797 e. The molecule has 0 amide bonds. The molecule has 1 fully saturated rings. The SMILES string of the molecule is CCCNCCCCC1=CCC2CCCNC2N1. The van der Waals surface area contributed by atoms with Gasteiger partial charge < -0.3 is 10.6 Å². The molecule has 0 aliphatic carbocycles. The summed E-state index contributed by atoms with van der Waals surface area (Å²) in [6.07, 6.45) is 12.0. The molecule has 2 unspecified atom stereocenters.